The van der Waals surface area contributed by atoms with E-state index in [1.807, 2.05) is 30.3 Å². The molecule has 0 aliphatic carbocycles. The second-order valence-corrected chi connectivity index (χ2v) is 7.29. The maximum atomic E-state index is 12.9. The average Bonchev–Trinajstić information content (AvgIpc) is 2.62. The van der Waals surface area contributed by atoms with Crippen LogP contribution in [0.2, 0.25) is 0 Å². The van der Waals surface area contributed by atoms with Crippen molar-refractivity contribution in [2.24, 2.45) is 0 Å². The molecule has 24 heavy (non-hydrogen) atoms. The summed E-state index contributed by atoms with van der Waals surface area (Å²) in [6.45, 7) is 0.797. The maximum Gasteiger partial charge on any atom is 0.243 e. The number of hydrogen-bond donors (Lipinski definition) is 1. The molecule has 6 nitrogen and oxygen atoms in total. The molecule has 0 atom stereocenters. The average molecular weight is 349 g/mol. The van der Waals surface area contributed by atoms with Crippen LogP contribution >= 0.6 is 0 Å². The number of benzene rings is 2. The van der Waals surface area contributed by atoms with E-state index in [9.17, 15) is 13.5 Å². The number of fused-ring (bicyclic) bond motifs is 1. The number of nitrogens with zero attached hydrogens (tertiary/aromatic N) is 1. The highest BCUT2D eigenvalue weighted by atomic mass is 32.2. The molecule has 1 aliphatic rings. The molecule has 0 fully saturated rings. The van der Waals surface area contributed by atoms with Crippen molar-refractivity contribution in [1.29, 1.82) is 0 Å². The molecule has 2 aromatic rings. The summed E-state index contributed by atoms with van der Waals surface area (Å²) in [6, 6.07) is 13.8. The Morgan fingerprint density at radius 1 is 1.00 bits per heavy atom. The van der Waals surface area contributed by atoms with Crippen LogP contribution < -0.4 is 9.47 Å². The zero-order chi connectivity index (χ0) is 17.0. The lowest BCUT2D eigenvalue weighted by atomic mass is 10.2. The van der Waals surface area contributed by atoms with Crippen molar-refractivity contribution in [2.75, 3.05) is 26.4 Å². The summed E-state index contributed by atoms with van der Waals surface area (Å²) in [5.74, 6) is 0.961. The molecule has 2 aromatic carbocycles. The first kappa shape index (κ1) is 16.8. The minimum absolute atomic E-state index is 0.0195. The smallest absolute Gasteiger partial charge is 0.243 e. The number of aliphatic hydroxyl groups is 1. The normalized spacial score (nSPS) is 13.9. The lowest BCUT2D eigenvalue weighted by Gasteiger charge is -2.23. The first-order chi connectivity index (χ1) is 11.6. The Morgan fingerprint density at radius 2 is 1.71 bits per heavy atom. The lowest BCUT2D eigenvalue weighted by molar-refractivity contribution is 0.171. The highest BCUT2D eigenvalue weighted by Crippen LogP contribution is 2.33. The summed E-state index contributed by atoms with van der Waals surface area (Å²) < 4.78 is 38.0. The Morgan fingerprint density at radius 3 is 2.42 bits per heavy atom. The van der Waals surface area contributed by atoms with Crippen molar-refractivity contribution in [3.05, 3.63) is 54.1 Å². The molecule has 1 N–H and O–H groups in total. The van der Waals surface area contributed by atoms with E-state index in [0.717, 1.165) is 5.56 Å². The van der Waals surface area contributed by atoms with Crippen molar-refractivity contribution in [3.63, 3.8) is 0 Å². The summed E-state index contributed by atoms with van der Waals surface area (Å²) in [4.78, 5) is 0.121. The van der Waals surface area contributed by atoms with Gasteiger partial charge in [0.25, 0.3) is 0 Å². The second kappa shape index (κ2) is 7.21. The Labute approximate surface area is 141 Å². The Balaban J connectivity index is 1.91. The van der Waals surface area contributed by atoms with E-state index >= 15 is 0 Å². The van der Waals surface area contributed by atoms with Gasteiger partial charge in [-0.15, -0.1) is 0 Å². The minimum atomic E-state index is -3.76. The molecule has 0 spiro atoms. The Bertz CT molecular complexity index is 792. The highest BCUT2D eigenvalue weighted by molar-refractivity contribution is 7.89. The summed E-state index contributed by atoms with van der Waals surface area (Å²) in [5, 5.41) is 9.27. The van der Waals surface area contributed by atoms with Gasteiger partial charge in [-0.25, -0.2) is 8.42 Å². The van der Waals surface area contributed by atoms with Crippen molar-refractivity contribution in [2.45, 2.75) is 11.4 Å². The van der Waals surface area contributed by atoms with Gasteiger partial charge >= 0.3 is 0 Å². The molecule has 1 heterocycles. The first-order valence-electron chi connectivity index (χ1n) is 7.66. The number of rotatable bonds is 6. The number of aliphatic hydroxyl groups excluding tert-OH is 1. The van der Waals surface area contributed by atoms with E-state index < -0.39 is 10.0 Å². The van der Waals surface area contributed by atoms with Gasteiger partial charge in [0.15, 0.2) is 11.5 Å². The van der Waals surface area contributed by atoms with E-state index in [-0.39, 0.29) is 24.6 Å². The third kappa shape index (κ3) is 3.53. The van der Waals surface area contributed by atoms with Crippen LogP contribution in [0.3, 0.4) is 0 Å². The molecule has 3 rings (SSSR count). The van der Waals surface area contributed by atoms with E-state index in [2.05, 4.69) is 0 Å². The number of hydrogen-bond acceptors (Lipinski definition) is 5. The fourth-order valence-corrected chi connectivity index (χ4v) is 3.95. The molecule has 0 bridgehead atoms. The molecule has 1 aliphatic heterocycles. The molecule has 0 aromatic heterocycles. The molecule has 0 saturated carbocycles. The van der Waals surface area contributed by atoms with Crippen LogP contribution in [0.15, 0.2) is 53.4 Å². The predicted octanol–water partition coefficient (Wildman–Crippen LogP) is 1.64. The maximum absolute atomic E-state index is 12.9. The summed E-state index contributed by atoms with van der Waals surface area (Å²) in [5.41, 5.74) is 0.854. The van der Waals surface area contributed by atoms with Gasteiger partial charge in [-0.2, -0.15) is 4.31 Å². The molecule has 0 radical (unpaired) electrons. The van der Waals surface area contributed by atoms with Crippen LogP contribution in [0, 0.1) is 0 Å². The van der Waals surface area contributed by atoms with Gasteiger partial charge in [0.2, 0.25) is 10.0 Å². The fraction of sp³-hybridized carbons (Fsp3) is 0.294. The van der Waals surface area contributed by atoms with Gasteiger partial charge in [0, 0.05) is 19.2 Å². The molecule has 128 valence electrons. The zero-order valence-corrected chi connectivity index (χ0v) is 13.9. The van der Waals surface area contributed by atoms with E-state index in [0.29, 0.717) is 24.7 Å². The number of ether oxygens (including phenoxy) is 2. The lowest BCUT2D eigenvalue weighted by Crippen LogP contribution is -2.33. The van der Waals surface area contributed by atoms with E-state index in [1.54, 1.807) is 6.07 Å². The van der Waals surface area contributed by atoms with Gasteiger partial charge in [0.05, 0.1) is 11.5 Å². The molecular formula is C17H19NO5S. The second-order valence-electron chi connectivity index (χ2n) is 5.35. The summed E-state index contributed by atoms with van der Waals surface area (Å²) >= 11 is 0. The molecule has 0 unspecified atom stereocenters. The van der Waals surface area contributed by atoms with Gasteiger partial charge < -0.3 is 14.6 Å². The molecule has 0 amide bonds. The van der Waals surface area contributed by atoms with Crippen LogP contribution in [0.4, 0.5) is 0 Å². The zero-order valence-electron chi connectivity index (χ0n) is 13.1. The Kier molecular flexibility index (Phi) is 5.03. The van der Waals surface area contributed by atoms with Crippen molar-refractivity contribution < 1.29 is 23.0 Å². The highest BCUT2D eigenvalue weighted by Gasteiger charge is 2.26. The topological polar surface area (TPSA) is 76.1 Å². The van der Waals surface area contributed by atoms with Crippen molar-refractivity contribution in [3.8, 4) is 11.5 Å². The van der Waals surface area contributed by atoms with Crippen LogP contribution in [0.25, 0.3) is 0 Å². The third-order valence-corrected chi connectivity index (χ3v) is 5.54. The SMILES string of the molecule is O=S(=O)(c1ccc2c(c1)OCCO2)N(CCO)Cc1ccccc1. The minimum Gasteiger partial charge on any atom is -0.486 e. The quantitative estimate of drug-likeness (QED) is 0.858. The molecule has 7 heteroatoms. The van der Waals surface area contributed by atoms with E-state index in [4.69, 9.17) is 9.47 Å². The van der Waals surface area contributed by atoms with Crippen LogP contribution in [-0.4, -0.2) is 44.2 Å². The van der Waals surface area contributed by atoms with Crippen LogP contribution in [0.1, 0.15) is 5.56 Å². The Hall–Kier alpha value is -2.09. The number of sulfonamides is 1. The molecular weight excluding hydrogens is 330 g/mol. The van der Waals surface area contributed by atoms with Crippen molar-refractivity contribution >= 4 is 10.0 Å². The van der Waals surface area contributed by atoms with Gasteiger partial charge in [-0.05, 0) is 17.7 Å². The van der Waals surface area contributed by atoms with Crippen LogP contribution in [0.5, 0.6) is 11.5 Å². The largest absolute Gasteiger partial charge is 0.486 e. The predicted molar refractivity (Wildman–Crippen MR) is 88.6 cm³/mol. The standard InChI is InChI=1S/C17H19NO5S/c19-9-8-18(13-14-4-2-1-3-5-14)24(20,21)15-6-7-16-17(12-15)23-11-10-22-16/h1-7,12,19H,8-11,13H2. The van der Waals surface area contributed by atoms with Gasteiger partial charge in [-0.1, -0.05) is 30.3 Å². The van der Waals surface area contributed by atoms with E-state index in [1.165, 1.54) is 16.4 Å². The first-order valence-corrected chi connectivity index (χ1v) is 9.10. The van der Waals surface area contributed by atoms with Crippen molar-refractivity contribution in [1.82, 2.24) is 4.31 Å². The summed E-state index contributed by atoms with van der Waals surface area (Å²) in [7, 11) is -3.76. The monoisotopic (exact) mass is 349 g/mol. The van der Waals surface area contributed by atoms with Gasteiger partial charge in [0.1, 0.15) is 13.2 Å². The summed E-state index contributed by atoms with van der Waals surface area (Å²) in [6.07, 6.45) is 0. The van der Waals surface area contributed by atoms with Crippen LogP contribution in [-0.2, 0) is 16.6 Å². The third-order valence-electron chi connectivity index (χ3n) is 3.70. The molecule has 0 saturated heterocycles. The fourth-order valence-electron chi connectivity index (χ4n) is 2.52. The van der Waals surface area contributed by atoms with Gasteiger partial charge in [-0.3, -0.25) is 0 Å².